The van der Waals surface area contributed by atoms with Crippen molar-refractivity contribution >= 4 is 0 Å². The number of hydrogen-bond donors (Lipinski definition) is 0. The van der Waals surface area contributed by atoms with Crippen LogP contribution in [0.2, 0.25) is 0 Å². The Bertz CT molecular complexity index is 182. The summed E-state index contributed by atoms with van der Waals surface area (Å²) in [5.74, 6) is 0. The van der Waals surface area contributed by atoms with Crippen LogP contribution >= 0.6 is 0 Å². The summed E-state index contributed by atoms with van der Waals surface area (Å²) in [6.07, 6.45) is 5.86. The van der Waals surface area contributed by atoms with E-state index < -0.39 is 0 Å². The molecule has 1 fully saturated rings. The highest BCUT2D eigenvalue weighted by Crippen LogP contribution is 2.09. The van der Waals surface area contributed by atoms with Gasteiger partial charge >= 0.3 is 0 Å². The third kappa shape index (κ3) is 2.63. The molecule has 60 valence electrons. The van der Waals surface area contributed by atoms with Crippen LogP contribution in [0.25, 0.3) is 0 Å². The third-order valence-corrected chi connectivity index (χ3v) is 1.94. The number of allylic oxidation sites excluding steroid dienone is 1. The van der Waals surface area contributed by atoms with Crippen LogP contribution in [0.4, 0.5) is 0 Å². The highest BCUT2D eigenvalue weighted by atomic mass is 15.1. The first-order valence-corrected chi connectivity index (χ1v) is 4.15. The molecule has 1 heterocycles. The van der Waals surface area contributed by atoms with E-state index in [2.05, 4.69) is 11.0 Å². The van der Waals surface area contributed by atoms with Gasteiger partial charge in [-0.25, -0.2) is 0 Å². The predicted molar refractivity (Wildman–Crippen MR) is 44.8 cm³/mol. The van der Waals surface area contributed by atoms with E-state index in [1.54, 1.807) is 0 Å². The molecule has 1 rings (SSSR count). The van der Waals surface area contributed by atoms with Crippen LogP contribution in [-0.4, -0.2) is 18.0 Å². The summed E-state index contributed by atoms with van der Waals surface area (Å²) in [4.78, 5) is 2.24. The molecule has 1 aliphatic rings. The van der Waals surface area contributed by atoms with Crippen molar-refractivity contribution < 1.29 is 0 Å². The van der Waals surface area contributed by atoms with Gasteiger partial charge in [-0.1, -0.05) is 0 Å². The summed E-state index contributed by atoms with van der Waals surface area (Å²) >= 11 is 0. The molecule has 2 heteroatoms. The predicted octanol–water partition coefficient (Wildman–Crippen LogP) is 1.90. The van der Waals surface area contributed by atoms with E-state index in [0.717, 1.165) is 18.7 Å². The Balaban J connectivity index is 2.42. The lowest BCUT2D eigenvalue weighted by atomic mass is 10.1. The minimum Gasteiger partial charge on any atom is -0.377 e. The monoisotopic (exact) mass is 150 g/mol. The van der Waals surface area contributed by atoms with Crippen LogP contribution in [0.1, 0.15) is 26.2 Å². The smallest absolute Gasteiger partial charge is 0.0959 e. The van der Waals surface area contributed by atoms with Crippen molar-refractivity contribution in [2.45, 2.75) is 26.2 Å². The topological polar surface area (TPSA) is 27.0 Å². The van der Waals surface area contributed by atoms with E-state index in [0.29, 0.717) is 0 Å². The number of hydrogen-bond acceptors (Lipinski definition) is 2. The van der Waals surface area contributed by atoms with Crippen LogP contribution < -0.4 is 0 Å². The molecule has 0 radical (unpaired) electrons. The van der Waals surface area contributed by atoms with Crippen molar-refractivity contribution in [3.8, 4) is 6.07 Å². The Labute approximate surface area is 68.1 Å². The van der Waals surface area contributed by atoms with Gasteiger partial charge in [-0.05, 0) is 26.2 Å². The molecule has 0 aromatic carbocycles. The minimum absolute atomic E-state index is 0.812. The van der Waals surface area contributed by atoms with Gasteiger partial charge in [0.25, 0.3) is 0 Å². The van der Waals surface area contributed by atoms with Crippen LogP contribution in [0, 0.1) is 11.3 Å². The van der Waals surface area contributed by atoms with Gasteiger partial charge < -0.3 is 4.90 Å². The molecule has 0 atom stereocenters. The van der Waals surface area contributed by atoms with Gasteiger partial charge in [0.1, 0.15) is 0 Å². The fourth-order valence-electron chi connectivity index (χ4n) is 1.35. The lowest BCUT2D eigenvalue weighted by Gasteiger charge is -2.24. The first kappa shape index (κ1) is 8.13. The second-order valence-corrected chi connectivity index (χ2v) is 3.02. The number of rotatable bonds is 1. The maximum Gasteiger partial charge on any atom is 0.0959 e. The number of piperidine rings is 1. The van der Waals surface area contributed by atoms with E-state index in [1.165, 1.54) is 19.3 Å². The van der Waals surface area contributed by atoms with Crippen molar-refractivity contribution in [2.75, 3.05) is 13.1 Å². The molecule has 0 spiro atoms. The zero-order valence-electron chi connectivity index (χ0n) is 7.01. The fourth-order valence-corrected chi connectivity index (χ4v) is 1.35. The van der Waals surface area contributed by atoms with E-state index in [-0.39, 0.29) is 0 Å². The molecule has 1 aliphatic heterocycles. The highest BCUT2D eigenvalue weighted by molar-refractivity contribution is 5.16. The highest BCUT2D eigenvalue weighted by Gasteiger charge is 2.05. The molecule has 11 heavy (non-hydrogen) atoms. The normalized spacial score (nSPS) is 19.6. The van der Waals surface area contributed by atoms with E-state index >= 15 is 0 Å². The van der Waals surface area contributed by atoms with E-state index in [1.807, 2.05) is 13.1 Å². The molecule has 1 saturated heterocycles. The zero-order valence-corrected chi connectivity index (χ0v) is 7.01. The summed E-state index contributed by atoms with van der Waals surface area (Å²) in [7, 11) is 0. The Morgan fingerprint density at radius 3 is 2.55 bits per heavy atom. The molecule has 0 unspecified atom stereocenters. The van der Waals surface area contributed by atoms with Crippen LogP contribution in [-0.2, 0) is 0 Å². The molecule has 0 saturated carbocycles. The lowest BCUT2D eigenvalue weighted by molar-refractivity contribution is 0.308. The van der Waals surface area contributed by atoms with E-state index in [4.69, 9.17) is 5.26 Å². The van der Waals surface area contributed by atoms with Crippen molar-refractivity contribution in [1.82, 2.24) is 4.90 Å². The van der Waals surface area contributed by atoms with Crippen molar-refractivity contribution in [1.29, 1.82) is 5.26 Å². The molecule has 0 aliphatic carbocycles. The van der Waals surface area contributed by atoms with Gasteiger partial charge in [-0.3, -0.25) is 0 Å². The molecular weight excluding hydrogens is 136 g/mol. The van der Waals surface area contributed by atoms with Gasteiger partial charge in [0.15, 0.2) is 0 Å². The summed E-state index contributed by atoms with van der Waals surface area (Å²) in [5, 5.41) is 8.52. The second-order valence-electron chi connectivity index (χ2n) is 3.02. The Kier molecular flexibility index (Phi) is 2.97. The van der Waals surface area contributed by atoms with Crippen LogP contribution in [0.3, 0.4) is 0 Å². The maximum atomic E-state index is 8.52. The van der Waals surface area contributed by atoms with Crippen LogP contribution in [0.15, 0.2) is 11.8 Å². The lowest BCUT2D eigenvalue weighted by Crippen LogP contribution is -2.24. The molecule has 0 amide bonds. The molecule has 2 nitrogen and oxygen atoms in total. The van der Waals surface area contributed by atoms with Gasteiger partial charge in [0.05, 0.1) is 6.07 Å². The summed E-state index contributed by atoms with van der Waals surface area (Å²) in [5.41, 5.74) is 0.812. The van der Waals surface area contributed by atoms with E-state index in [9.17, 15) is 0 Å². The molecule has 0 bridgehead atoms. The van der Waals surface area contributed by atoms with Gasteiger partial charge in [-0.2, -0.15) is 5.26 Å². The average molecular weight is 150 g/mol. The Morgan fingerprint density at radius 1 is 1.36 bits per heavy atom. The fraction of sp³-hybridized carbons (Fsp3) is 0.667. The standard InChI is InChI=1S/C9H14N2/c1-9(7-10)8-11-5-3-2-4-6-11/h8H,2-6H2,1H3/b9-8+. The average Bonchev–Trinajstić information content (AvgIpc) is 2.06. The largest absolute Gasteiger partial charge is 0.377 e. The van der Waals surface area contributed by atoms with Gasteiger partial charge in [0, 0.05) is 24.9 Å². The molecular formula is C9H14N2. The quantitative estimate of drug-likeness (QED) is 0.534. The maximum absolute atomic E-state index is 8.52. The number of nitriles is 1. The third-order valence-electron chi connectivity index (χ3n) is 1.94. The molecule has 0 aromatic rings. The zero-order chi connectivity index (χ0) is 8.10. The number of nitrogens with zero attached hydrogens (tertiary/aromatic N) is 2. The van der Waals surface area contributed by atoms with Crippen molar-refractivity contribution in [2.24, 2.45) is 0 Å². The first-order valence-electron chi connectivity index (χ1n) is 4.15. The number of likely N-dealkylation sites (tertiary alicyclic amines) is 1. The second kappa shape index (κ2) is 4.02. The van der Waals surface area contributed by atoms with Crippen molar-refractivity contribution in [3.05, 3.63) is 11.8 Å². The first-order chi connectivity index (χ1) is 5.33. The summed E-state index contributed by atoms with van der Waals surface area (Å²) in [6, 6.07) is 2.13. The van der Waals surface area contributed by atoms with Crippen LogP contribution in [0.5, 0.6) is 0 Å². The SMILES string of the molecule is C/C(C#N)=C\N1CCCCC1. The molecule has 0 N–H and O–H groups in total. The van der Waals surface area contributed by atoms with Gasteiger partial charge in [0.2, 0.25) is 0 Å². The summed E-state index contributed by atoms with van der Waals surface area (Å²) in [6.45, 7) is 4.10. The summed E-state index contributed by atoms with van der Waals surface area (Å²) < 4.78 is 0. The van der Waals surface area contributed by atoms with Gasteiger partial charge in [-0.15, -0.1) is 0 Å². The Morgan fingerprint density at radius 2 is 2.00 bits per heavy atom. The van der Waals surface area contributed by atoms with Crippen molar-refractivity contribution in [3.63, 3.8) is 0 Å². The minimum atomic E-state index is 0.812. The Hall–Kier alpha value is -0.970. The molecule has 0 aromatic heterocycles.